The molecule has 3 heteroatoms. The monoisotopic (exact) mass is 651 g/mol. The summed E-state index contributed by atoms with van der Waals surface area (Å²) in [5, 5.41) is 11.4. The second-order valence-electron chi connectivity index (χ2n) is 13.2. The largest absolute Gasteiger partial charge is 0.456 e. The van der Waals surface area contributed by atoms with Crippen LogP contribution in [-0.4, -0.2) is 0 Å². The first-order valence-corrected chi connectivity index (χ1v) is 17.3. The van der Waals surface area contributed by atoms with E-state index in [1.165, 1.54) is 43.4 Å². The van der Waals surface area contributed by atoms with E-state index >= 15 is 0 Å². The van der Waals surface area contributed by atoms with Crippen LogP contribution in [0.5, 0.6) is 0 Å². The lowest BCUT2D eigenvalue weighted by Gasteiger charge is -2.28. The van der Waals surface area contributed by atoms with Crippen molar-refractivity contribution in [3.05, 3.63) is 176 Å². The van der Waals surface area contributed by atoms with Crippen molar-refractivity contribution >= 4 is 93.3 Å². The molecule has 2 aromatic heterocycles. The second-order valence-corrected chi connectivity index (χ2v) is 13.2. The van der Waals surface area contributed by atoms with Crippen LogP contribution in [0.4, 0.5) is 17.1 Å². The standard InChI is InChI=1S/C48H29NO2/c1-3-15-34-30(12-1)14-11-21-35(34)31-24-26-33(27-25-31)49(41-28-32-13-2-4-16-36(32)37-17-5-6-18-38(37)41)42-29-45-47(40-20-8-9-22-43(40)50-45)48-46(42)39-19-7-10-23-44(39)51-48/h1-29H. The van der Waals surface area contributed by atoms with Gasteiger partial charge in [-0.1, -0.05) is 140 Å². The molecule has 238 valence electrons. The predicted octanol–water partition coefficient (Wildman–Crippen LogP) is 14.1. The third kappa shape index (κ3) is 4.19. The first-order valence-electron chi connectivity index (χ1n) is 17.3. The zero-order valence-electron chi connectivity index (χ0n) is 27.5. The molecule has 0 saturated heterocycles. The molecule has 0 radical (unpaired) electrons. The lowest BCUT2D eigenvalue weighted by atomic mass is 9.96. The van der Waals surface area contributed by atoms with Gasteiger partial charge in [0, 0.05) is 27.9 Å². The lowest BCUT2D eigenvalue weighted by Crippen LogP contribution is -2.11. The van der Waals surface area contributed by atoms with Gasteiger partial charge in [0.15, 0.2) is 0 Å². The molecule has 2 heterocycles. The van der Waals surface area contributed by atoms with Gasteiger partial charge >= 0.3 is 0 Å². The number of furan rings is 2. The van der Waals surface area contributed by atoms with Crippen molar-refractivity contribution < 1.29 is 8.83 Å². The van der Waals surface area contributed by atoms with E-state index in [9.17, 15) is 0 Å². The van der Waals surface area contributed by atoms with Gasteiger partial charge in [0.05, 0.1) is 22.1 Å². The van der Waals surface area contributed by atoms with Gasteiger partial charge in [0.2, 0.25) is 0 Å². The minimum absolute atomic E-state index is 0.792. The van der Waals surface area contributed by atoms with Gasteiger partial charge in [-0.3, -0.25) is 0 Å². The van der Waals surface area contributed by atoms with E-state index in [4.69, 9.17) is 8.83 Å². The van der Waals surface area contributed by atoms with Gasteiger partial charge in [-0.15, -0.1) is 0 Å². The van der Waals surface area contributed by atoms with Crippen LogP contribution in [0.2, 0.25) is 0 Å². The Balaban J connectivity index is 1.25. The quantitative estimate of drug-likeness (QED) is 0.177. The minimum Gasteiger partial charge on any atom is -0.456 e. The van der Waals surface area contributed by atoms with E-state index in [1.807, 2.05) is 18.2 Å². The van der Waals surface area contributed by atoms with Crippen molar-refractivity contribution in [2.75, 3.05) is 4.90 Å². The Kier molecular flexibility index (Phi) is 5.96. The van der Waals surface area contributed by atoms with Crippen LogP contribution in [0.25, 0.3) is 87.3 Å². The number of hydrogen-bond acceptors (Lipinski definition) is 3. The summed E-state index contributed by atoms with van der Waals surface area (Å²) in [6.45, 7) is 0. The van der Waals surface area contributed by atoms with Crippen LogP contribution in [0.15, 0.2) is 185 Å². The molecular weight excluding hydrogens is 623 g/mol. The highest BCUT2D eigenvalue weighted by molar-refractivity contribution is 6.27. The first-order chi connectivity index (χ1) is 25.3. The molecule has 0 aliphatic rings. The first kappa shape index (κ1) is 28.0. The third-order valence-electron chi connectivity index (χ3n) is 10.4. The summed E-state index contributed by atoms with van der Waals surface area (Å²) in [6, 6.07) is 62.6. The SMILES string of the molecule is c1ccc2c(-c3ccc(N(c4cc5ccccc5c5ccccc45)c4cc5oc6ccccc6c5c5oc6ccccc6c45)cc3)cccc2c1. The smallest absolute Gasteiger partial charge is 0.149 e. The number of nitrogens with zero attached hydrogens (tertiary/aromatic N) is 1. The predicted molar refractivity (Wildman–Crippen MR) is 214 cm³/mol. The van der Waals surface area contributed by atoms with E-state index in [2.05, 4.69) is 163 Å². The molecule has 0 N–H and O–H groups in total. The maximum absolute atomic E-state index is 6.78. The summed E-state index contributed by atoms with van der Waals surface area (Å²) in [4.78, 5) is 2.40. The summed E-state index contributed by atoms with van der Waals surface area (Å²) in [5.74, 6) is 0. The minimum atomic E-state index is 0.792. The second kappa shape index (κ2) is 10.8. The molecule has 0 amide bonds. The Morgan fingerprint density at radius 3 is 1.73 bits per heavy atom. The highest BCUT2D eigenvalue weighted by Gasteiger charge is 2.26. The van der Waals surface area contributed by atoms with Gasteiger partial charge in [-0.25, -0.2) is 0 Å². The fraction of sp³-hybridized carbons (Fsp3) is 0. The number of benzene rings is 9. The van der Waals surface area contributed by atoms with Gasteiger partial charge in [0.25, 0.3) is 0 Å². The zero-order chi connectivity index (χ0) is 33.5. The van der Waals surface area contributed by atoms with Gasteiger partial charge in [-0.2, -0.15) is 0 Å². The summed E-state index contributed by atoms with van der Waals surface area (Å²) >= 11 is 0. The molecule has 0 bridgehead atoms. The molecule has 0 saturated carbocycles. The Morgan fingerprint density at radius 2 is 0.941 bits per heavy atom. The van der Waals surface area contributed by atoms with E-state index in [0.29, 0.717) is 0 Å². The molecule has 11 rings (SSSR count). The van der Waals surface area contributed by atoms with Gasteiger partial charge in [-0.05, 0) is 68.4 Å². The Bertz CT molecular complexity index is 3140. The topological polar surface area (TPSA) is 29.5 Å². The number of hydrogen-bond donors (Lipinski definition) is 0. The fourth-order valence-electron chi connectivity index (χ4n) is 8.14. The van der Waals surface area contributed by atoms with Crippen molar-refractivity contribution in [3.63, 3.8) is 0 Å². The van der Waals surface area contributed by atoms with Gasteiger partial charge < -0.3 is 13.7 Å². The maximum Gasteiger partial charge on any atom is 0.149 e. The third-order valence-corrected chi connectivity index (χ3v) is 10.4. The molecule has 0 aliphatic carbocycles. The molecule has 11 aromatic rings. The lowest BCUT2D eigenvalue weighted by molar-refractivity contribution is 0.663. The van der Waals surface area contributed by atoms with Crippen LogP contribution in [0.3, 0.4) is 0 Å². The van der Waals surface area contributed by atoms with Crippen LogP contribution in [0, 0.1) is 0 Å². The summed E-state index contributed by atoms with van der Waals surface area (Å²) in [7, 11) is 0. The summed E-state index contributed by atoms with van der Waals surface area (Å²) < 4.78 is 13.4. The molecule has 0 unspecified atom stereocenters. The average molecular weight is 652 g/mol. The Hall–Kier alpha value is -6.84. The highest BCUT2D eigenvalue weighted by atomic mass is 16.3. The molecular formula is C48H29NO2. The van der Waals surface area contributed by atoms with Crippen LogP contribution >= 0.6 is 0 Å². The van der Waals surface area contributed by atoms with Crippen molar-refractivity contribution in [2.24, 2.45) is 0 Å². The summed E-state index contributed by atoms with van der Waals surface area (Å²) in [6.07, 6.45) is 0. The molecule has 0 fully saturated rings. The molecule has 3 nitrogen and oxygen atoms in total. The van der Waals surface area contributed by atoms with Crippen molar-refractivity contribution in [1.29, 1.82) is 0 Å². The van der Waals surface area contributed by atoms with E-state index in [0.717, 1.165) is 60.9 Å². The van der Waals surface area contributed by atoms with Crippen LogP contribution < -0.4 is 4.90 Å². The zero-order valence-corrected chi connectivity index (χ0v) is 27.5. The van der Waals surface area contributed by atoms with Crippen LogP contribution in [-0.2, 0) is 0 Å². The number of fused-ring (bicyclic) bond motifs is 11. The average Bonchev–Trinajstić information content (AvgIpc) is 3.77. The highest BCUT2D eigenvalue weighted by Crippen LogP contribution is 2.50. The fourth-order valence-corrected chi connectivity index (χ4v) is 8.14. The Morgan fingerprint density at radius 1 is 0.353 bits per heavy atom. The molecule has 0 spiro atoms. The van der Waals surface area contributed by atoms with E-state index in [1.54, 1.807) is 0 Å². The van der Waals surface area contributed by atoms with Crippen molar-refractivity contribution in [1.82, 2.24) is 0 Å². The number of anilines is 3. The van der Waals surface area contributed by atoms with Crippen LogP contribution in [0.1, 0.15) is 0 Å². The van der Waals surface area contributed by atoms with E-state index in [-0.39, 0.29) is 0 Å². The number of rotatable bonds is 4. The molecule has 51 heavy (non-hydrogen) atoms. The Labute approximate surface area is 293 Å². The van der Waals surface area contributed by atoms with Crippen molar-refractivity contribution in [2.45, 2.75) is 0 Å². The van der Waals surface area contributed by atoms with Crippen molar-refractivity contribution in [3.8, 4) is 11.1 Å². The maximum atomic E-state index is 6.78. The molecule has 0 aliphatic heterocycles. The normalized spacial score (nSPS) is 11.9. The van der Waals surface area contributed by atoms with Gasteiger partial charge in [0.1, 0.15) is 22.3 Å². The number of para-hydroxylation sites is 2. The molecule has 0 atom stereocenters. The summed E-state index contributed by atoms with van der Waals surface area (Å²) in [5.41, 5.74) is 8.83. The molecule has 9 aromatic carbocycles. The van der Waals surface area contributed by atoms with E-state index < -0.39 is 0 Å².